The van der Waals surface area contributed by atoms with Gasteiger partial charge in [0, 0.05) is 13.2 Å². The largest absolute Gasteiger partial charge is 0.372 e. The van der Waals surface area contributed by atoms with Crippen molar-refractivity contribution in [3.05, 3.63) is 33.8 Å². The molecule has 1 atom stereocenters. The Kier molecular flexibility index (Phi) is 4.69. The third-order valence-corrected chi connectivity index (χ3v) is 2.64. The van der Waals surface area contributed by atoms with Crippen LogP contribution in [0.15, 0.2) is 18.2 Å². The number of hydrogen-bond donors (Lipinski definition) is 1. The third kappa shape index (κ3) is 2.85. The van der Waals surface area contributed by atoms with Crippen molar-refractivity contribution >= 4 is 23.2 Å². The molecule has 1 aromatic carbocycles. The monoisotopic (exact) mass is 233 g/mol. The molecule has 0 bridgehead atoms. The second kappa shape index (κ2) is 5.56. The van der Waals surface area contributed by atoms with Crippen molar-refractivity contribution < 1.29 is 4.74 Å². The highest BCUT2D eigenvalue weighted by atomic mass is 35.5. The lowest BCUT2D eigenvalue weighted by atomic mass is 10.1. The molecule has 2 N–H and O–H groups in total. The summed E-state index contributed by atoms with van der Waals surface area (Å²) in [7, 11) is 0. The van der Waals surface area contributed by atoms with Gasteiger partial charge < -0.3 is 10.5 Å². The summed E-state index contributed by atoms with van der Waals surface area (Å²) in [6.45, 7) is 2.99. The number of hydrogen-bond acceptors (Lipinski definition) is 2. The first-order valence-electron chi connectivity index (χ1n) is 4.45. The second-order valence-corrected chi connectivity index (χ2v) is 3.67. The van der Waals surface area contributed by atoms with Gasteiger partial charge in [-0.3, -0.25) is 0 Å². The van der Waals surface area contributed by atoms with Crippen molar-refractivity contribution in [3.8, 4) is 0 Å². The fourth-order valence-corrected chi connectivity index (χ4v) is 1.52. The van der Waals surface area contributed by atoms with Crippen LogP contribution in [0.4, 0.5) is 0 Å². The van der Waals surface area contributed by atoms with E-state index in [4.69, 9.17) is 33.7 Å². The lowest BCUT2D eigenvalue weighted by Gasteiger charge is -2.15. The summed E-state index contributed by atoms with van der Waals surface area (Å²) in [6.07, 6.45) is -0.102. The second-order valence-electron chi connectivity index (χ2n) is 2.85. The van der Waals surface area contributed by atoms with Gasteiger partial charge in [-0.15, -0.1) is 0 Å². The van der Waals surface area contributed by atoms with Crippen molar-refractivity contribution in [2.75, 3.05) is 13.2 Å². The lowest BCUT2D eigenvalue weighted by Crippen LogP contribution is -2.15. The smallest absolute Gasteiger partial charge is 0.0947 e. The highest BCUT2D eigenvalue weighted by Gasteiger charge is 2.10. The summed E-state index contributed by atoms with van der Waals surface area (Å²) < 4.78 is 5.45. The van der Waals surface area contributed by atoms with Crippen molar-refractivity contribution in [2.24, 2.45) is 5.73 Å². The predicted octanol–water partition coefficient (Wildman–Crippen LogP) is 3.03. The molecule has 0 heterocycles. The number of halogens is 2. The third-order valence-electron chi connectivity index (χ3n) is 1.90. The molecule has 0 aromatic heterocycles. The van der Waals surface area contributed by atoms with Gasteiger partial charge in [0.1, 0.15) is 0 Å². The zero-order valence-electron chi connectivity index (χ0n) is 7.97. The van der Waals surface area contributed by atoms with E-state index in [-0.39, 0.29) is 6.10 Å². The Labute approximate surface area is 94.0 Å². The van der Waals surface area contributed by atoms with Crippen LogP contribution in [0.5, 0.6) is 0 Å². The maximum atomic E-state index is 5.89. The summed E-state index contributed by atoms with van der Waals surface area (Å²) in [6, 6.07) is 5.42. The van der Waals surface area contributed by atoms with Gasteiger partial charge in [0.2, 0.25) is 0 Å². The van der Waals surface area contributed by atoms with Crippen LogP contribution in [0.2, 0.25) is 10.0 Å². The summed E-state index contributed by atoms with van der Waals surface area (Å²) in [5.41, 5.74) is 6.54. The van der Waals surface area contributed by atoms with Crippen LogP contribution >= 0.6 is 23.2 Å². The Morgan fingerprint density at radius 3 is 2.57 bits per heavy atom. The Bertz CT molecular complexity index is 304. The molecule has 2 nitrogen and oxygen atoms in total. The van der Waals surface area contributed by atoms with Crippen molar-refractivity contribution in [1.82, 2.24) is 0 Å². The fraction of sp³-hybridized carbons (Fsp3) is 0.400. The van der Waals surface area contributed by atoms with E-state index in [2.05, 4.69) is 0 Å². The molecule has 0 unspecified atom stereocenters. The normalized spacial score (nSPS) is 12.9. The van der Waals surface area contributed by atoms with E-state index < -0.39 is 0 Å². The van der Waals surface area contributed by atoms with Gasteiger partial charge in [0.25, 0.3) is 0 Å². The van der Waals surface area contributed by atoms with E-state index in [1.54, 1.807) is 12.1 Å². The molecule has 0 spiro atoms. The molecule has 1 rings (SSSR count). The molecule has 78 valence electrons. The van der Waals surface area contributed by atoms with Gasteiger partial charge in [-0.2, -0.15) is 0 Å². The van der Waals surface area contributed by atoms with Crippen LogP contribution in [-0.2, 0) is 4.74 Å². The van der Waals surface area contributed by atoms with Gasteiger partial charge in [-0.05, 0) is 24.6 Å². The lowest BCUT2D eigenvalue weighted by molar-refractivity contribution is 0.0688. The first kappa shape index (κ1) is 11.8. The van der Waals surface area contributed by atoms with Crippen LogP contribution in [0.3, 0.4) is 0 Å². The average molecular weight is 234 g/mol. The maximum Gasteiger partial charge on any atom is 0.0947 e. The molecule has 1 aromatic rings. The van der Waals surface area contributed by atoms with Crippen LogP contribution in [-0.4, -0.2) is 13.2 Å². The summed E-state index contributed by atoms with van der Waals surface area (Å²) >= 11 is 11.7. The molecule has 4 heteroatoms. The standard InChI is InChI=1S/C10H13Cl2NO/c1-2-14-10(6-13)7-3-4-8(11)9(12)5-7/h3-5,10H,2,6,13H2,1H3/t10-/m0/s1. The topological polar surface area (TPSA) is 35.2 Å². The highest BCUT2D eigenvalue weighted by molar-refractivity contribution is 6.42. The number of nitrogens with two attached hydrogens (primary N) is 1. The summed E-state index contributed by atoms with van der Waals surface area (Å²) in [5, 5.41) is 1.07. The Morgan fingerprint density at radius 1 is 1.36 bits per heavy atom. The van der Waals surface area contributed by atoms with Crippen molar-refractivity contribution in [1.29, 1.82) is 0 Å². The number of rotatable bonds is 4. The van der Waals surface area contributed by atoms with Gasteiger partial charge in [0.15, 0.2) is 0 Å². The zero-order valence-corrected chi connectivity index (χ0v) is 9.48. The molecule has 0 saturated carbocycles. The molecule has 0 amide bonds. The van der Waals surface area contributed by atoms with Gasteiger partial charge in [-0.25, -0.2) is 0 Å². The van der Waals surface area contributed by atoms with Crippen LogP contribution in [0.25, 0.3) is 0 Å². The predicted molar refractivity (Wildman–Crippen MR) is 59.9 cm³/mol. The van der Waals surface area contributed by atoms with E-state index >= 15 is 0 Å². The highest BCUT2D eigenvalue weighted by Crippen LogP contribution is 2.26. The van der Waals surface area contributed by atoms with Crippen LogP contribution in [0, 0.1) is 0 Å². The van der Waals surface area contributed by atoms with E-state index in [1.165, 1.54) is 0 Å². The Morgan fingerprint density at radius 2 is 2.07 bits per heavy atom. The minimum absolute atomic E-state index is 0.102. The van der Waals surface area contributed by atoms with Crippen LogP contribution < -0.4 is 5.73 Å². The first-order chi connectivity index (χ1) is 6.69. The number of benzene rings is 1. The summed E-state index contributed by atoms with van der Waals surface area (Å²) in [4.78, 5) is 0. The fourth-order valence-electron chi connectivity index (χ4n) is 1.21. The minimum atomic E-state index is -0.102. The molecular weight excluding hydrogens is 221 g/mol. The molecule has 0 aliphatic heterocycles. The first-order valence-corrected chi connectivity index (χ1v) is 5.21. The quantitative estimate of drug-likeness (QED) is 0.868. The Hall–Kier alpha value is -0.280. The maximum absolute atomic E-state index is 5.89. The van der Waals surface area contributed by atoms with Gasteiger partial charge >= 0.3 is 0 Å². The molecule has 0 radical (unpaired) electrons. The van der Waals surface area contributed by atoms with Crippen LogP contribution in [0.1, 0.15) is 18.6 Å². The molecule has 0 fully saturated rings. The SMILES string of the molecule is CCO[C@@H](CN)c1ccc(Cl)c(Cl)c1. The average Bonchev–Trinajstić information content (AvgIpc) is 2.19. The molecule has 14 heavy (non-hydrogen) atoms. The molecule has 0 aliphatic rings. The minimum Gasteiger partial charge on any atom is -0.372 e. The molecule has 0 aliphatic carbocycles. The van der Waals surface area contributed by atoms with Crippen molar-refractivity contribution in [3.63, 3.8) is 0 Å². The Balaban J connectivity index is 2.88. The van der Waals surface area contributed by atoms with Gasteiger partial charge in [0.05, 0.1) is 16.1 Å². The zero-order chi connectivity index (χ0) is 10.6. The molecule has 0 saturated heterocycles. The molecular formula is C10H13Cl2NO. The summed E-state index contributed by atoms with van der Waals surface area (Å²) in [5.74, 6) is 0. The van der Waals surface area contributed by atoms with Gasteiger partial charge in [-0.1, -0.05) is 29.3 Å². The van der Waals surface area contributed by atoms with E-state index in [9.17, 15) is 0 Å². The van der Waals surface area contributed by atoms with E-state index in [1.807, 2.05) is 13.0 Å². The van der Waals surface area contributed by atoms with E-state index in [0.29, 0.717) is 23.2 Å². The van der Waals surface area contributed by atoms with Crippen molar-refractivity contribution in [2.45, 2.75) is 13.0 Å². The van der Waals surface area contributed by atoms with E-state index in [0.717, 1.165) is 5.56 Å². The number of ether oxygens (including phenoxy) is 1.